The Morgan fingerprint density at radius 1 is 1.29 bits per heavy atom. The molecular weight excluding hydrogens is 382 g/mol. The lowest BCUT2D eigenvalue weighted by Crippen LogP contribution is -2.21. The van der Waals surface area contributed by atoms with Crippen LogP contribution in [0, 0.1) is 0 Å². The van der Waals surface area contributed by atoms with E-state index in [1.165, 1.54) is 11.3 Å². The Labute approximate surface area is 163 Å². The normalized spacial score (nSPS) is 13.5. The van der Waals surface area contributed by atoms with Gasteiger partial charge < -0.3 is 25.7 Å². The molecule has 4 N–H and O–H groups in total. The van der Waals surface area contributed by atoms with Gasteiger partial charge in [-0.15, -0.1) is 11.3 Å². The first kappa shape index (κ1) is 18.0. The average molecular weight is 399 g/mol. The highest BCUT2D eigenvalue weighted by atomic mass is 32.1. The third-order valence-corrected chi connectivity index (χ3v) is 5.14. The molecule has 1 aromatic carbocycles. The molecule has 10 heteroatoms. The number of hydrogen-bond acceptors (Lipinski definition) is 9. The van der Waals surface area contributed by atoms with Gasteiger partial charge in [0.05, 0.1) is 4.88 Å². The molecule has 0 unspecified atom stereocenters. The molecule has 4 rings (SSSR count). The van der Waals surface area contributed by atoms with Crippen molar-refractivity contribution in [2.24, 2.45) is 5.16 Å². The molecule has 1 aliphatic heterocycles. The second-order valence-electron chi connectivity index (χ2n) is 5.93. The van der Waals surface area contributed by atoms with Crippen LogP contribution in [0.5, 0.6) is 11.5 Å². The maximum Gasteiger partial charge on any atom is 0.261 e. The molecule has 0 aliphatic carbocycles. The number of carbonyl (C=O) groups is 1. The minimum absolute atomic E-state index is 0.0190. The average Bonchev–Trinajstić information content (AvgIpc) is 3.13. The van der Waals surface area contributed by atoms with Gasteiger partial charge >= 0.3 is 0 Å². The van der Waals surface area contributed by atoms with Crippen molar-refractivity contribution in [3.8, 4) is 11.5 Å². The molecule has 0 bridgehead atoms. The maximum absolute atomic E-state index is 12.2. The fourth-order valence-corrected chi connectivity index (χ4v) is 3.87. The second-order valence-corrected chi connectivity index (χ2v) is 6.96. The van der Waals surface area contributed by atoms with Crippen LogP contribution in [0.4, 0.5) is 5.95 Å². The number of benzene rings is 1. The second kappa shape index (κ2) is 7.31. The zero-order valence-electron chi connectivity index (χ0n) is 14.9. The molecule has 0 saturated heterocycles. The van der Waals surface area contributed by atoms with E-state index in [4.69, 9.17) is 15.2 Å². The van der Waals surface area contributed by atoms with Gasteiger partial charge in [0.2, 0.25) is 5.95 Å². The van der Waals surface area contributed by atoms with Crippen LogP contribution in [0.2, 0.25) is 0 Å². The summed E-state index contributed by atoms with van der Waals surface area (Å²) in [6.45, 7) is 3.27. The summed E-state index contributed by atoms with van der Waals surface area (Å²) in [5.41, 5.74) is 6.94. The number of thiophene rings is 1. The molecular formula is C18H17N5O4S. The Balaban J connectivity index is 1.83. The van der Waals surface area contributed by atoms with Crippen LogP contribution in [-0.2, 0) is 0 Å². The lowest BCUT2D eigenvalue weighted by molar-refractivity contribution is 0.0960. The van der Waals surface area contributed by atoms with Crippen molar-refractivity contribution in [3.63, 3.8) is 0 Å². The summed E-state index contributed by atoms with van der Waals surface area (Å²) in [5, 5.41) is 16.5. The Kier molecular flexibility index (Phi) is 4.70. The third-order valence-electron chi connectivity index (χ3n) is 4.11. The van der Waals surface area contributed by atoms with Crippen molar-refractivity contribution in [3.05, 3.63) is 40.4 Å². The van der Waals surface area contributed by atoms with E-state index in [-0.39, 0.29) is 17.6 Å². The van der Waals surface area contributed by atoms with Crippen LogP contribution < -0.4 is 20.5 Å². The Morgan fingerprint density at radius 2 is 2.07 bits per heavy atom. The molecule has 3 heterocycles. The largest absolute Gasteiger partial charge is 0.486 e. The van der Waals surface area contributed by atoms with E-state index in [1.807, 2.05) is 6.92 Å². The number of anilines is 1. The molecule has 0 spiro atoms. The first-order valence-corrected chi connectivity index (χ1v) is 9.40. The Hall–Kier alpha value is -3.40. The van der Waals surface area contributed by atoms with Crippen molar-refractivity contribution in [1.82, 2.24) is 15.3 Å². The Morgan fingerprint density at radius 3 is 2.82 bits per heavy atom. The predicted octanol–water partition coefficient (Wildman–Crippen LogP) is 2.02. The van der Waals surface area contributed by atoms with Gasteiger partial charge in [0.25, 0.3) is 5.91 Å². The molecule has 2 aromatic heterocycles. The standard InChI is InChI=1S/C18H17N5O4S/c1-2-20-16(24)13-8-10-15(21-18(19)22-17(10)28-13)14(23-25)9-3-4-11-12(7-9)27-6-5-26-11/h3-4,7-8,25H,2,5-6H2,1H3,(H,20,24)(H2,19,21,22)/b23-14-. The van der Waals surface area contributed by atoms with Gasteiger partial charge in [-0.1, -0.05) is 5.16 Å². The summed E-state index contributed by atoms with van der Waals surface area (Å²) in [7, 11) is 0. The van der Waals surface area contributed by atoms with E-state index < -0.39 is 0 Å². The number of nitrogen functional groups attached to an aromatic ring is 1. The number of amides is 1. The van der Waals surface area contributed by atoms with Crippen molar-refractivity contribution < 1.29 is 19.5 Å². The topological polar surface area (TPSA) is 132 Å². The van der Waals surface area contributed by atoms with E-state index >= 15 is 0 Å². The molecule has 1 aliphatic rings. The minimum Gasteiger partial charge on any atom is -0.486 e. The summed E-state index contributed by atoms with van der Waals surface area (Å²) in [6, 6.07) is 6.86. The molecule has 0 radical (unpaired) electrons. The van der Waals surface area contributed by atoms with Crippen LogP contribution in [0.1, 0.15) is 27.9 Å². The first-order valence-electron chi connectivity index (χ1n) is 8.58. The summed E-state index contributed by atoms with van der Waals surface area (Å²) in [4.78, 5) is 21.7. The van der Waals surface area contributed by atoms with Gasteiger partial charge in [0.1, 0.15) is 29.4 Å². The minimum atomic E-state index is -0.211. The summed E-state index contributed by atoms with van der Waals surface area (Å²) in [5.74, 6) is 0.979. The van der Waals surface area contributed by atoms with Gasteiger partial charge in [-0.05, 0) is 31.2 Å². The van der Waals surface area contributed by atoms with Crippen molar-refractivity contribution in [2.75, 3.05) is 25.5 Å². The van der Waals surface area contributed by atoms with Crippen LogP contribution in [-0.4, -0.2) is 46.6 Å². The summed E-state index contributed by atoms with van der Waals surface area (Å²) < 4.78 is 11.1. The number of fused-ring (bicyclic) bond motifs is 2. The van der Waals surface area contributed by atoms with Crippen molar-refractivity contribution in [2.45, 2.75) is 6.92 Å². The third kappa shape index (κ3) is 3.18. The van der Waals surface area contributed by atoms with Crippen LogP contribution in [0.25, 0.3) is 10.2 Å². The highest BCUT2D eigenvalue weighted by Crippen LogP contribution is 2.33. The van der Waals surface area contributed by atoms with Crippen molar-refractivity contribution >= 4 is 39.1 Å². The SMILES string of the molecule is CCNC(=O)c1cc2c(/C(=N\O)c3ccc4c(c3)OCCO4)nc(N)nc2s1. The number of nitrogens with zero attached hydrogens (tertiary/aromatic N) is 3. The number of aromatic nitrogens is 2. The van der Waals surface area contributed by atoms with E-state index in [9.17, 15) is 10.0 Å². The zero-order chi connectivity index (χ0) is 19.7. The number of hydrogen-bond donors (Lipinski definition) is 3. The molecule has 9 nitrogen and oxygen atoms in total. The smallest absolute Gasteiger partial charge is 0.261 e. The van der Waals surface area contributed by atoms with Crippen molar-refractivity contribution in [1.29, 1.82) is 0 Å². The van der Waals surface area contributed by atoms with Gasteiger partial charge in [-0.2, -0.15) is 0 Å². The number of rotatable bonds is 4. The van der Waals surface area contributed by atoms with E-state index in [0.717, 1.165) is 0 Å². The lowest BCUT2D eigenvalue weighted by atomic mass is 10.0. The molecule has 0 atom stereocenters. The van der Waals surface area contributed by atoms with Crippen LogP contribution in [0.15, 0.2) is 29.4 Å². The number of carbonyl (C=O) groups excluding carboxylic acids is 1. The fraction of sp³-hybridized carbons (Fsp3) is 0.222. The summed E-state index contributed by atoms with van der Waals surface area (Å²) >= 11 is 1.20. The van der Waals surface area contributed by atoms with Crippen LogP contribution >= 0.6 is 11.3 Å². The number of nitrogens with one attached hydrogen (secondary N) is 1. The van der Waals surface area contributed by atoms with E-state index in [1.54, 1.807) is 24.3 Å². The monoisotopic (exact) mass is 399 g/mol. The molecule has 3 aromatic rings. The Bertz CT molecular complexity index is 1100. The first-order chi connectivity index (χ1) is 13.6. The maximum atomic E-state index is 12.2. The predicted molar refractivity (Wildman–Crippen MR) is 105 cm³/mol. The molecule has 0 fully saturated rings. The number of nitrogens with two attached hydrogens (primary N) is 1. The molecule has 144 valence electrons. The highest BCUT2D eigenvalue weighted by molar-refractivity contribution is 7.20. The van der Waals surface area contributed by atoms with E-state index in [2.05, 4.69) is 20.4 Å². The quantitative estimate of drug-likeness (QED) is 0.347. The molecule has 28 heavy (non-hydrogen) atoms. The van der Waals surface area contributed by atoms with Gasteiger partial charge in [-0.3, -0.25) is 4.79 Å². The summed E-state index contributed by atoms with van der Waals surface area (Å²) in [6.07, 6.45) is 0. The number of oxime groups is 1. The van der Waals surface area contributed by atoms with Gasteiger partial charge in [0.15, 0.2) is 11.5 Å². The van der Waals surface area contributed by atoms with E-state index in [0.29, 0.717) is 57.6 Å². The van der Waals surface area contributed by atoms with Gasteiger partial charge in [-0.25, -0.2) is 9.97 Å². The van der Waals surface area contributed by atoms with Gasteiger partial charge in [0, 0.05) is 17.5 Å². The molecule has 0 saturated carbocycles. The highest BCUT2D eigenvalue weighted by Gasteiger charge is 2.21. The van der Waals surface area contributed by atoms with Crippen LogP contribution in [0.3, 0.4) is 0 Å². The fourth-order valence-electron chi connectivity index (χ4n) is 2.91. The lowest BCUT2D eigenvalue weighted by Gasteiger charge is -2.19. The zero-order valence-corrected chi connectivity index (χ0v) is 15.7. The number of ether oxygens (including phenoxy) is 2. The molecule has 1 amide bonds.